The lowest BCUT2D eigenvalue weighted by Gasteiger charge is -2.00. The molecule has 0 bridgehead atoms. The van der Waals surface area contributed by atoms with Crippen molar-refractivity contribution in [2.24, 2.45) is 0 Å². The predicted molar refractivity (Wildman–Crippen MR) is 66.6 cm³/mol. The van der Waals surface area contributed by atoms with Gasteiger partial charge in [0.1, 0.15) is 5.82 Å². The molecule has 0 fully saturated rings. The molecule has 0 N–H and O–H groups in total. The van der Waals surface area contributed by atoms with Crippen LogP contribution in [-0.4, -0.2) is 25.2 Å². The first-order valence-corrected chi connectivity index (χ1v) is 5.74. The van der Waals surface area contributed by atoms with Gasteiger partial charge < -0.3 is 0 Å². The Morgan fingerprint density at radius 1 is 1.11 bits per heavy atom. The molecule has 0 aliphatic rings. The van der Waals surface area contributed by atoms with Crippen molar-refractivity contribution in [1.82, 2.24) is 25.2 Å². The number of rotatable bonds is 3. The number of aromatic nitrogens is 5. The Morgan fingerprint density at radius 3 is 2.79 bits per heavy atom. The molecule has 0 saturated heterocycles. The minimum absolute atomic E-state index is 0.250. The minimum Gasteiger partial charge on any atom is -0.264 e. The lowest BCUT2D eigenvalue weighted by atomic mass is 10.2. The van der Waals surface area contributed by atoms with Crippen LogP contribution >= 0.6 is 0 Å². The molecule has 0 atom stereocenters. The number of pyridine rings is 1. The number of nitrogens with zero attached hydrogens (tertiary/aromatic N) is 5. The number of hydrogen-bond acceptors (Lipinski definition) is 4. The van der Waals surface area contributed by atoms with Gasteiger partial charge in [0.05, 0.1) is 6.54 Å². The first kappa shape index (κ1) is 11.5. The summed E-state index contributed by atoms with van der Waals surface area (Å²) in [5.74, 6) is 0.201. The van der Waals surface area contributed by atoms with Crippen LogP contribution in [-0.2, 0) is 6.54 Å². The highest BCUT2D eigenvalue weighted by molar-refractivity contribution is 5.51. The zero-order valence-corrected chi connectivity index (χ0v) is 9.94. The maximum atomic E-state index is 13.5. The fraction of sp³-hybridized carbons (Fsp3) is 0.0769. The summed E-state index contributed by atoms with van der Waals surface area (Å²) in [5.41, 5.74) is 1.31. The molecule has 0 saturated carbocycles. The summed E-state index contributed by atoms with van der Waals surface area (Å²) in [4.78, 5) is 5.35. The van der Waals surface area contributed by atoms with E-state index in [2.05, 4.69) is 20.4 Å². The van der Waals surface area contributed by atoms with E-state index in [9.17, 15) is 4.39 Å². The normalized spacial score (nSPS) is 10.6. The minimum atomic E-state index is -0.275. The third kappa shape index (κ3) is 2.47. The second-order valence-electron chi connectivity index (χ2n) is 3.98. The molecule has 6 heteroatoms. The molecule has 2 heterocycles. The Morgan fingerprint density at radius 2 is 2.00 bits per heavy atom. The van der Waals surface area contributed by atoms with Crippen molar-refractivity contribution >= 4 is 0 Å². The lowest BCUT2D eigenvalue weighted by Crippen LogP contribution is -2.05. The number of benzene rings is 1. The molecule has 5 nitrogen and oxygen atoms in total. The topological polar surface area (TPSA) is 56.5 Å². The van der Waals surface area contributed by atoms with E-state index in [4.69, 9.17) is 0 Å². The van der Waals surface area contributed by atoms with E-state index in [1.54, 1.807) is 36.7 Å². The van der Waals surface area contributed by atoms with E-state index in [0.717, 1.165) is 5.56 Å². The quantitative estimate of drug-likeness (QED) is 0.717. The Bertz CT molecular complexity index is 680. The van der Waals surface area contributed by atoms with Gasteiger partial charge in [0.25, 0.3) is 0 Å². The largest absolute Gasteiger partial charge is 0.264 e. The van der Waals surface area contributed by atoms with Crippen molar-refractivity contribution in [1.29, 1.82) is 0 Å². The zero-order chi connectivity index (χ0) is 13.1. The van der Waals surface area contributed by atoms with Gasteiger partial charge in [0.15, 0.2) is 0 Å². The predicted octanol–water partition coefficient (Wildman–Crippen LogP) is 1.92. The molecule has 0 unspecified atom stereocenters. The molecular weight excluding hydrogens is 245 g/mol. The van der Waals surface area contributed by atoms with E-state index < -0.39 is 0 Å². The molecule has 19 heavy (non-hydrogen) atoms. The van der Waals surface area contributed by atoms with Gasteiger partial charge in [0, 0.05) is 23.5 Å². The summed E-state index contributed by atoms with van der Waals surface area (Å²) < 4.78 is 13.5. The number of hydrogen-bond donors (Lipinski definition) is 0. The van der Waals surface area contributed by atoms with Gasteiger partial charge in [-0.05, 0) is 23.4 Å². The molecule has 0 spiro atoms. The van der Waals surface area contributed by atoms with Crippen molar-refractivity contribution in [3.8, 4) is 11.4 Å². The van der Waals surface area contributed by atoms with E-state index >= 15 is 0 Å². The van der Waals surface area contributed by atoms with E-state index in [0.29, 0.717) is 11.4 Å². The van der Waals surface area contributed by atoms with Gasteiger partial charge in [0.2, 0.25) is 5.82 Å². The van der Waals surface area contributed by atoms with Crippen molar-refractivity contribution < 1.29 is 4.39 Å². The summed E-state index contributed by atoms with van der Waals surface area (Å²) in [6.45, 7) is 0.250. The van der Waals surface area contributed by atoms with Crippen LogP contribution < -0.4 is 0 Å². The smallest absolute Gasteiger partial charge is 0.206 e. The van der Waals surface area contributed by atoms with Crippen LogP contribution in [0.15, 0.2) is 48.8 Å². The monoisotopic (exact) mass is 255 g/mol. The molecular formula is C13H10FN5. The van der Waals surface area contributed by atoms with Crippen LogP contribution in [0.1, 0.15) is 5.56 Å². The zero-order valence-electron chi connectivity index (χ0n) is 9.94. The SMILES string of the molecule is Fc1ccccc1Cn1nnc(-c2cccnc2)n1. The van der Waals surface area contributed by atoms with Crippen molar-refractivity contribution in [2.75, 3.05) is 0 Å². The highest BCUT2D eigenvalue weighted by Gasteiger charge is 2.07. The summed E-state index contributed by atoms with van der Waals surface area (Å²) in [6, 6.07) is 10.2. The highest BCUT2D eigenvalue weighted by atomic mass is 19.1. The highest BCUT2D eigenvalue weighted by Crippen LogP contribution is 2.12. The van der Waals surface area contributed by atoms with E-state index in [1.165, 1.54) is 10.9 Å². The molecule has 0 amide bonds. The van der Waals surface area contributed by atoms with Crippen molar-refractivity contribution in [2.45, 2.75) is 6.54 Å². The van der Waals surface area contributed by atoms with Gasteiger partial charge in [-0.3, -0.25) is 4.98 Å². The van der Waals surface area contributed by atoms with Crippen molar-refractivity contribution in [3.63, 3.8) is 0 Å². The molecule has 94 valence electrons. The van der Waals surface area contributed by atoms with Crippen LogP contribution in [0.3, 0.4) is 0 Å². The summed E-state index contributed by atoms with van der Waals surface area (Å²) in [5, 5.41) is 12.0. The van der Waals surface area contributed by atoms with Crippen molar-refractivity contribution in [3.05, 3.63) is 60.2 Å². The van der Waals surface area contributed by atoms with Gasteiger partial charge in [-0.1, -0.05) is 18.2 Å². The summed E-state index contributed by atoms with van der Waals surface area (Å²) >= 11 is 0. The van der Waals surface area contributed by atoms with Gasteiger partial charge in [-0.25, -0.2) is 4.39 Å². The molecule has 3 aromatic rings. The maximum Gasteiger partial charge on any atom is 0.206 e. The average Bonchev–Trinajstić information content (AvgIpc) is 2.91. The molecule has 3 rings (SSSR count). The first-order chi connectivity index (χ1) is 9.33. The number of halogens is 1. The Labute approximate surface area is 108 Å². The van der Waals surface area contributed by atoms with Crippen LogP contribution in [0.5, 0.6) is 0 Å². The molecule has 2 aromatic heterocycles. The molecule has 1 aromatic carbocycles. The van der Waals surface area contributed by atoms with Crippen LogP contribution in [0.2, 0.25) is 0 Å². The Kier molecular flexibility index (Phi) is 2.97. The second-order valence-corrected chi connectivity index (χ2v) is 3.98. The fourth-order valence-electron chi connectivity index (χ4n) is 1.70. The second kappa shape index (κ2) is 4.93. The third-order valence-electron chi connectivity index (χ3n) is 2.64. The van der Waals surface area contributed by atoms with Crippen LogP contribution in [0.4, 0.5) is 4.39 Å². The summed E-state index contributed by atoms with van der Waals surface area (Å²) in [7, 11) is 0. The Hall–Kier alpha value is -2.63. The molecule has 0 aliphatic carbocycles. The standard InChI is InChI=1S/C13H10FN5/c14-12-6-2-1-4-11(12)9-19-17-13(16-18-19)10-5-3-7-15-8-10/h1-8H,9H2. The van der Waals surface area contributed by atoms with Gasteiger partial charge >= 0.3 is 0 Å². The third-order valence-corrected chi connectivity index (χ3v) is 2.64. The lowest BCUT2D eigenvalue weighted by molar-refractivity contribution is 0.539. The van der Waals surface area contributed by atoms with Crippen LogP contribution in [0, 0.1) is 5.82 Å². The number of tetrazole rings is 1. The summed E-state index contributed by atoms with van der Waals surface area (Å²) in [6.07, 6.45) is 3.33. The van der Waals surface area contributed by atoms with E-state index in [-0.39, 0.29) is 12.4 Å². The maximum absolute atomic E-state index is 13.5. The Balaban J connectivity index is 1.85. The fourth-order valence-corrected chi connectivity index (χ4v) is 1.70. The van der Waals surface area contributed by atoms with Crippen LogP contribution in [0.25, 0.3) is 11.4 Å². The van der Waals surface area contributed by atoms with E-state index in [1.807, 2.05) is 6.07 Å². The molecule has 0 radical (unpaired) electrons. The van der Waals surface area contributed by atoms with Gasteiger partial charge in [-0.15, -0.1) is 10.2 Å². The molecule has 0 aliphatic heterocycles. The first-order valence-electron chi connectivity index (χ1n) is 5.74. The average molecular weight is 255 g/mol. The van der Waals surface area contributed by atoms with Gasteiger partial charge in [-0.2, -0.15) is 4.80 Å².